The van der Waals surface area contributed by atoms with Crippen LogP contribution in [0.3, 0.4) is 0 Å². The molecule has 1 fully saturated rings. The van der Waals surface area contributed by atoms with Gasteiger partial charge >= 0.3 is 0 Å². The van der Waals surface area contributed by atoms with Crippen molar-refractivity contribution in [3.63, 3.8) is 0 Å². The molecule has 2 aliphatic rings. The number of hydrogen-bond acceptors (Lipinski definition) is 3. The molecule has 1 aromatic carbocycles. The summed E-state index contributed by atoms with van der Waals surface area (Å²) in [5.41, 5.74) is 2.46. The Morgan fingerprint density at radius 2 is 1.83 bits per heavy atom. The van der Waals surface area contributed by atoms with Crippen LogP contribution in [0, 0.1) is 11.8 Å². The number of carbonyl (C=O) groups excluding carboxylic acids is 1. The molecule has 0 unspecified atom stereocenters. The summed E-state index contributed by atoms with van der Waals surface area (Å²) in [7, 11) is 3.32. The first-order chi connectivity index (χ1) is 11.0. The Morgan fingerprint density at radius 1 is 1.17 bits per heavy atom. The van der Waals surface area contributed by atoms with Crippen LogP contribution in [0.25, 0.3) is 0 Å². The summed E-state index contributed by atoms with van der Waals surface area (Å²) in [4.78, 5) is 14.8. The van der Waals surface area contributed by atoms with Crippen LogP contribution in [0.5, 0.6) is 11.5 Å². The van der Waals surface area contributed by atoms with Gasteiger partial charge in [-0.1, -0.05) is 6.92 Å². The Morgan fingerprint density at radius 3 is 2.43 bits per heavy atom. The van der Waals surface area contributed by atoms with Crippen molar-refractivity contribution < 1.29 is 14.3 Å². The molecule has 0 saturated heterocycles. The normalized spacial score (nSPS) is 23.9. The number of hydrogen-bond donors (Lipinski definition) is 0. The van der Waals surface area contributed by atoms with Gasteiger partial charge in [-0.05, 0) is 61.3 Å². The zero-order valence-electron chi connectivity index (χ0n) is 14.6. The van der Waals surface area contributed by atoms with E-state index < -0.39 is 0 Å². The van der Waals surface area contributed by atoms with Crippen LogP contribution in [0.4, 0.5) is 0 Å². The second-order valence-corrected chi connectivity index (χ2v) is 7.08. The van der Waals surface area contributed by atoms with E-state index in [2.05, 4.69) is 24.8 Å². The van der Waals surface area contributed by atoms with Gasteiger partial charge in [0, 0.05) is 13.0 Å². The fraction of sp³-hybridized carbons (Fsp3) is 0.632. The Kier molecular flexibility index (Phi) is 4.51. The third-order valence-corrected chi connectivity index (χ3v) is 5.12. The lowest BCUT2D eigenvalue weighted by molar-refractivity contribution is -0.134. The number of rotatable bonds is 4. The van der Waals surface area contributed by atoms with Crippen molar-refractivity contribution >= 4 is 5.91 Å². The molecule has 1 aliphatic carbocycles. The Balaban J connectivity index is 1.94. The molecule has 1 aliphatic heterocycles. The molecule has 0 spiro atoms. The van der Waals surface area contributed by atoms with Crippen molar-refractivity contribution in [1.29, 1.82) is 0 Å². The lowest BCUT2D eigenvalue weighted by atomic mass is 9.95. The summed E-state index contributed by atoms with van der Waals surface area (Å²) in [6.07, 6.45) is 4.10. The molecular weight excluding hydrogens is 290 g/mol. The van der Waals surface area contributed by atoms with Crippen LogP contribution >= 0.6 is 0 Å². The van der Waals surface area contributed by atoms with Gasteiger partial charge in [-0.3, -0.25) is 4.79 Å². The van der Waals surface area contributed by atoms with E-state index >= 15 is 0 Å². The third-order valence-electron chi connectivity index (χ3n) is 5.12. The topological polar surface area (TPSA) is 38.8 Å². The van der Waals surface area contributed by atoms with Crippen LogP contribution in [0.1, 0.15) is 50.3 Å². The number of carbonyl (C=O) groups is 1. The van der Waals surface area contributed by atoms with Gasteiger partial charge in [-0.15, -0.1) is 0 Å². The highest BCUT2D eigenvalue weighted by Crippen LogP contribution is 2.40. The summed E-state index contributed by atoms with van der Waals surface area (Å²) in [5, 5.41) is 0. The molecule has 3 rings (SSSR count). The second kappa shape index (κ2) is 6.42. The fourth-order valence-corrected chi connectivity index (χ4v) is 3.61. The summed E-state index contributed by atoms with van der Waals surface area (Å²) >= 11 is 0. The largest absolute Gasteiger partial charge is 0.493 e. The van der Waals surface area contributed by atoms with Gasteiger partial charge in [0.15, 0.2) is 11.5 Å². The van der Waals surface area contributed by atoms with E-state index in [1.165, 1.54) is 24.0 Å². The molecule has 126 valence electrons. The number of nitrogens with zero attached hydrogens (tertiary/aromatic N) is 1. The van der Waals surface area contributed by atoms with E-state index in [-0.39, 0.29) is 6.04 Å². The predicted molar refractivity (Wildman–Crippen MR) is 89.9 cm³/mol. The van der Waals surface area contributed by atoms with Crippen molar-refractivity contribution in [3.05, 3.63) is 23.3 Å². The monoisotopic (exact) mass is 317 g/mol. The first-order valence-electron chi connectivity index (χ1n) is 8.57. The van der Waals surface area contributed by atoms with Gasteiger partial charge in [0.05, 0.1) is 20.3 Å². The summed E-state index contributed by atoms with van der Waals surface area (Å²) < 4.78 is 10.9. The van der Waals surface area contributed by atoms with Crippen molar-refractivity contribution in [2.45, 2.75) is 45.6 Å². The molecule has 4 nitrogen and oxygen atoms in total. The molecule has 0 bridgehead atoms. The second-order valence-electron chi connectivity index (χ2n) is 7.08. The van der Waals surface area contributed by atoms with E-state index in [9.17, 15) is 4.79 Å². The molecule has 23 heavy (non-hydrogen) atoms. The van der Waals surface area contributed by atoms with E-state index in [4.69, 9.17) is 9.47 Å². The summed E-state index contributed by atoms with van der Waals surface area (Å²) in [5.74, 6) is 2.87. The number of ether oxygens (including phenoxy) is 2. The van der Waals surface area contributed by atoms with Crippen molar-refractivity contribution in [3.8, 4) is 11.5 Å². The minimum Gasteiger partial charge on any atom is -0.493 e. The number of fused-ring (bicyclic) bond motifs is 1. The molecule has 1 saturated carbocycles. The van der Waals surface area contributed by atoms with E-state index in [1.807, 2.05) is 6.07 Å². The zero-order valence-corrected chi connectivity index (χ0v) is 14.6. The number of methoxy groups -OCH3 is 2. The van der Waals surface area contributed by atoms with Gasteiger partial charge in [0.1, 0.15) is 0 Å². The molecule has 1 amide bonds. The van der Waals surface area contributed by atoms with Gasteiger partial charge in [-0.2, -0.15) is 0 Å². The van der Waals surface area contributed by atoms with Gasteiger partial charge < -0.3 is 14.4 Å². The maximum atomic E-state index is 12.7. The molecule has 0 radical (unpaired) electrons. The smallest absolute Gasteiger partial charge is 0.223 e. The fourth-order valence-electron chi connectivity index (χ4n) is 3.61. The quantitative estimate of drug-likeness (QED) is 0.852. The van der Waals surface area contributed by atoms with Gasteiger partial charge in [0.2, 0.25) is 5.91 Å². The maximum absolute atomic E-state index is 12.7. The van der Waals surface area contributed by atoms with Crippen molar-refractivity contribution in [2.75, 3.05) is 20.8 Å². The molecule has 0 aromatic heterocycles. The Labute approximate surface area is 138 Å². The van der Waals surface area contributed by atoms with E-state index in [0.717, 1.165) is 24.5 Å². The minimum absolute atomic E-state index is 0.0843. The van der Waals surface area contributed by atoms with E-state index in [1.54, 1.807) is 14.2 Å². The molecule has 1 heterocycles. The molecule has 4 heteroatoms. The van der Waals surface area contributed by atoms with Crippen molar-refractivity contribution in [1.82, 2.24) is 4.90 Å². The van der Waals surface area contributed by atoms with Gasteiger partial charge in [0.25, 0.3) is 0 Å². The van der Waals surface area contributed by atoms with Crippen LogP contribution in [-0.4, -0.2) is 31.6 Å². The highest BCUT2D eigenvalue weighted by atomic mass is 16.5. The third kappa shape index (κ3) is 3.31. The summed E-state index contributed by atoms with van der Waals surface area (Å²) in [6, 6.07) is 4.21. The highest BCUT2D eigenvalue weighted by molar-refractivity contribution is 5.77. The van der Waals surface area contributed by atoms with Crippen molar-refractivity contribution in [2.24, 2.45) is 11.8 Å². The predicted octanol–water partition coefficient (Wildman–Crippen LogP) is 3.59. The first-order valence-corrected chi connectivity index (χ1v) is 8.57. The average molecular weight is 317 g/mol. The average Bonchev–Trinajstić information content (AvgIpc) is 3.35. The van der Waals surface area contributed by atoms with E-state index in [0.29, 0.717) is 24.2 Å². The van der Waals surface area contributed by atoms with Crippen LogP contribution in [-0.2, 0) is 11.2 Å². The SMILES string of the molecule is COc1cc2c(cc1OC)[C@H](C)N(C(=O)CC1CC1)C[C@H](C)C2. The molecule has 0 N–H and O–H groups in total. The Hall–Kier alpha value is -1.71. The van der Waals surface area contributed by atoms with Gasteiger partial charge in [-0.25, -0.2) is 0 Å². The maximum Gasteiger partial charge on any atom is 0.223 e. The Bertz CT molecular complexity index is 595. The highest BCUT2D eigenvalue weighted by Gasteiger charge is 2.33. The zero-order chi connectivity index (χ0) is 16.6. The molecule has 2 atom stereocenters. The molecular formula is C19H27NO3. The number of benzene rings is 1. The minimum atomic E-state index is 0.0843. The van der Waals surface area contributed by atoms with Crippen LogP contribution < -0.4 is 9.47 Å². The lowest BCUT2D eigenvalue weighted by Crippen LogP contribution is -2.35. The lowest BCUT2D eigenvalue weighted by Gasteiger charge is -2.30. The number of amides is 1. The van der Waals surface area contributed by atoms with Crippen LogP contribution in [0.2, 0.25) is 0 Å². The summed E-state index contributed by atoms with van der Waals surface area (Å²) in [6.45, 7) is 5.18. The standard InChI is InChI=1S/C19H27NO3/c1-12-7-15-9-17(22-3)18(23-4)10-16(15)13(2)20(11-12)19(21)8-14-5-6-14/h9-10,12-14H,5-8,11H2,1-4H3/t12-,13+/m1/s1. The first kappa shape index (κ1) is 16.2. The van der Waals surface area contributed by atoms with Crippen LogP contribution in [0.15, 0.2) is 12.1 Å². The molecule has 1 aromatic rings.